The lowest BCUT2D eigenvalue weighted by Gasteiger charge is -2.11. The van der Waals surface area contributed by atoms with Gasteiger partial charge in [-0.3, -0.25) is 4.79 Å². The van der Waals surface area contributed by atoms with Crippen molar-refractivity contribution in [3.8, 4) is 0 Å². The summed E-state index contributed by atoms with van der Waals surface area (Å²) in [4.78, 5) is 21.9. The van der Waals surface area contributed by atoms with E-state index in [0.29, 0.717) is 0 Å². The number of carboxylic acid groups (broad SMARTS) is 1. The first kappa shape index (κ1) is 12.8. The zero-order valence-corrected chi connectivity index (χ0v) is 9.08. The van der Waals surface area contributed by atoms with Gasteiger partial charge >= 0.3 is 5.97 Å². The number of nitrogens with one attached hydrogen (secondary N) is 2. The average molecular weight is 241 g/mol. The fourth-order valence-corrected chi connectivity index (χ4v) is 1.24. The molecule has 0 aliphatic carbocycles. The van der Waals surface area contributed by atoms with E-state index < -0.39 is 17.5 Å². The van der Waals surface area contributed by atoms with Gasteiger partial charge in [-0.25, -0.2) is 9.18 Å². The Labute approximate surface area is 96.6 Å². The summed E-state index contributed by atoms with van der Waals surface area (Å²) in [6.07, 6.45) is 0. The molecule has 7 heteroatoms. The van der Waals surface area contributed by atoms with E-state index in [2.05, 4.69) is 10.6 Å². The van der Waals surface area contributed by atoms with Crippen LogP contribution in [-0.2, 0) is 4.79 Å². The normalized spacial score (nSPS) is 9.76. The fraction of sp³-hybridized carbons (Fsp3) is 0.200. The van der Waals surface area contributed by atoms with E-state index in [9.17, 15) is 14.0 Å². The highest BCUT2D eigenvalue weighted by molar-refractivity contribution is 6.00. The second-order valence-electron chi connectivity index (χ2n) is 3.22. The number of benzene rings is 1. The summed E-state index contributed by atoms with van der Waals surface area (Å²) in [5, 5.41) is 13.8. The van der Waals surface area contributed by atoms with E-state index in [0.717, 1.165) is 6.07 Å². The molecule has 1 aromatic carbocycles. The number of carbonyl (C=O) groups is 2. The quantitative estimate of drug-likeness (QED) is 0.566. The van der Waals surface area contributed by atoms with Crippen molar-refractivity contribution >= 4 is 23.3 Å². The predicted octanol–water partition coefficient (Wildman–Crippen LogP) is 0.264. The molecule has 0 spiro atoms. The number of anilines is 2. The molecular formula is C10H12FN3O3. The number of rotatable bonds is 4. The highest BCUT2D eigenvalue weighted by atomic mass is 19.1. The van der Waals surface area contributed by atoms with Crippen LogP contribution in [0.1, 0.15) is 10.4 Å². The van der Waals surface area contributed by atoms with Crippen LogP contribution in [0.25, 0.3) is 0 Å². The zero-order chi connectivity index (χ0) is 13.0. The number of aromatic carboxylic acids is 1. The van der Waals surface area contributed by atoms with E-state index in [4.69, 9.17) is 10.8 Å². The van der Waals surface area contributed by atoms with Crippen molar-refractivity contribution in [3.05, 3.63) is 23.5 Å². The fourth-order valence-electron chi connectivity index (χ4n) is 1.24. The summed E-state index contributed by atoms with van der Waals surface area (Å²) in [7, 11) is 1.45. The van der Waals surface area contributed by atoms with Gasteiger partial charge in [-0.15, -0.1) is 0 Å². The summed E-state index contributed by atoms with van der Waals surface area (Å²) < 4.78 is 13.1. The molecule has 0 saturated heterocycles. The van der Waals surface area contributed by atoms with E-state index in [-0.39, 0.29) is 23.7 Å². The molecule has 0 saturated carbocycles. The Bertz CT molecular complexity index is 462. The molecule has 0 fully saturated rings. The molecule has 0 heterocycles. The van der Waals surface area contributed by atoms with E-state index in [1.165, 1.54) is 13.1 Å². The molecular weight excluding hydrogens is 229 g/mol. The molecule has 1 aromatic rings. The third-order valence-electron chi connectivity index (χ3n) is 2.12. The lowest BCUT2D eigenvalue weighted by molar-refractivity contribution is -0.118. The summed E-state index contributed by atoms with van der Waals surface area (Å²) in [5.74, 6) is -2.50. The van der Waals surface area contributed by atoms with Crippen LogP contribution < -0.4 is 16.4 Å². The Morgan fingerprint density at radius 2 is 2.12 bits per heavy atom. The van der Waals surface area contributed by atoms with Crippen LogP contribution in [0.5, 0.6) is 0 Å². The average Bonchev–Trinajstić information content (AvgIpc) is 2.29. The molecule has 0 aliphatic rings. The van der Waals surface area contributed by atoms with Gasteiger partial charge in [0.2, 0.25) is 5.91 Å². The zero-order valence-electron chi connectivity index (χ0n) is 9.08. The highest BCUT2D eigenvalue weighted by Gasteiger charge is 2.17. The maximum Gasteiger partial charge on any atom is 0.340 e. The first-order chi connectivity index (χ1) is 7.97. The second kappa shape index (κ2) is 5.15. The maximum atomic E-state index is 13.1. The third-order valence-corrected chi connectivity index (χ3v) is 2.12. The van der Waals surface area contributed by atoms with Crippen LogP contribution in [0.15, 0.2) is 12.1 Å². The lowest BCUT2D eigenvalue weighted by atomic mass is 10.1. The van der Waals surface area contributed by atoms with Crippen molar-refractivity contribution in [2.45, 2.75) is 0 Å². The van der Waals surface area contributed by atoms with E-state index >= 15 is 0 Å². The molecule has 17 heavy (non-hydrogen) atoms. The van der Waals surface area contributed by atoms with Crippen molar-refractivity contribution in [1.29, 1.82) is 0 Å². The molecule has 6 nitrogen and oxygen atoms in total. The Morgan fingerprint density at radius 3 is 2.65 bits per heavy atom. The van der Waals surface area contributed by atoms with Gasteiger partial charge in [-0.2, -0.15) is 0 Å². The molecule has 1 rings (SSSR count). The number of carboxylic acids is 1. The number of amides is 1. The minimum Gasteiger partial charge on any atom is -0.478 e. The Balaban J connectivity index is 3.03. The first-order valence-electron chi connectivity index (χ1n) is 4.73. The molecule has 0 bridgehead atoms. The monoisotopic (exact) mass is 241 g/mol. The summed E-state index contributed by atoms with van der Waals surface area (Å²) in [5.41, 5.74) is 4.58. The van der Waals surface area contributed by atoms with E-state index in [1.54, 1.807) is 0 Å². The maximum absolute atomic E-state index is 13.1. The van der Waals surface area contributed by atoms with Crippen LogP contribution in [0.2, 0.25) is 0 Å². The standard InChI is InChI=1S/C10H12FN3O3/c1-13-7(15)4-14-6-3-2-5(11)9(12)8(6)10(16)17/h2-3,14H,4,12H2,1H3,(H,13,15)(H,16,17). The summed E-state index contributed by atoms with van der Waals surface area (Å²) in [6.45, 7) is -0.123. The minimum atomic E-state index is -1.36. The Kier molecular flexibility index (Phi) is 3.86. The van der Waals surface area contributed by atoms with Crippen molar-refractivity contribution in [2.24, 2.45) is 0 Å². The van der Waals surface area contributed by atoms with Gasteiger partial charge in [0.15, 0.2) is 0 Å². The van der Waals surface area contributed by atoms with Gasteiger partial charge in [0.25, 0.3) is 0 Å². The number of hydrogen-bond donors (Lipinski definition) is 4. The summed E-state index contributed by atoms with van der Waals surface area (Å²) in [6, 6.07) is 2.26. The largest absolute Gasteiger partial charge is 0.478 e. The van der Waals surface area contributed by atoms with Gasteiger partial charge in [-0.1, -0.05) is 0 Å². The second-order valence-corrected chi connectivity index (χ2v) is 3.22. The van der Waals surface area contributed by atoms with Crippen molar-refractivity contribution in [1.82, 2.24) is 5.32 Å². The topological polar surface area (TPSA) is 104 Å². The molecule has 0 atom stereocenters. The molecule has 92 valence electrons. The van der Waals surface area contributed by atoms with Crippen LogP contribution in [0.4, 0.5) is 15.8 Å². The van der Waals surface area contributed by atoms with Crippen molar-refractivity contribution < 1.29 is 19.1 Å². The van der Waals surface area contributed by atoms with Crippen molar-refractivity contribution in [3.63, 3.8) is 0 Å². The summed E-state index contributed by atoms with van der Waals surface area (Å²) >= 11 is 0. The number of halogens is 1. The van der Waals surface area contributed by atoms with Gasteiger partial charge in [0.05, 0.1) is 17.9 Å². The van der Waals surface area contributed by atoms with Crippen LogP contribution in [-0.4, -0.2) is 30.6 Å². The van der Waals surface area contributed by atoms with Gasteiger partial charge in [0.1, 0.15) is 11.4 Å². The van der Waals surface area contributed by atoms with E-state index in [1.807, 2.05) is 0 Å². The minimum absolute atomic E-state index is 0.0972. The van der Waals surface area contributed by atoms with Crippen LogP contribution in [0, 0.1) is 5.82 Å². The lowest BCUT2D eigenvalue weighted by Crippen LogP contribution is -2.26. The van der Waals surface area contributed by atoms with Gasteiger partial charge in [0, 0.05) is 7.05 Å². The smallest absolute Gasteiger partial charge is 0.340 e. The molecule has 0 aromatic heterocycles. The van der Waals surface area contributed by atoms with Crippen LogP contribution >= 0.6 is 0 Å². The number of nitrogens with two attached hydrogens (primary N) is 1. The number of likely N-dealkylation sites (N-methyl/N-ethyl adjacent to an activating group) is 1. The van der Waals surface area contributed by atoms with Crippen LogP contribution in [0.3, 0.4) is 0 Å². The molecule has 5 N–H and O–H groups in total. The number of nitrogen functional groups attached to an aromatic ring is 1. The van der Waals surface area contributed by atoms with Gasteiger partial charge < -0.3 is 21.5 Å². The Morgan fingerprint density at radius 1 is 1.47 bits per heavy atom. The third kappa shape index (κ3) is 2.83. The number of hydrogen-bond acceptors (Lipinski definition) is 4. The number of carbonyl (C=O) groups excluding carboxylic acids is 1. The first-order valence-corrected chi connectivity index (χ1v) is 4.73. The SMILES string of the molecule is CNC(=O)CNc1ccc(F)c(N)c1C(=O)O. The highest BCUT2D eigenvalue weighted by Crippen LogP contribution is 2.24. The molecule has 0 unspecified atom stereocenters. The molecule has 0 radical (unpaired) electrons. The molecule has 1 amide bonds. The Hall–Kier alpha value is -2.31. The predicted molar refractivity (Wildman–Crippen MR) is 60.3 cm³/mol. The molecule has 0 aliphatic heterocycles. The van der Waals surface area contributed by atoms with Crippen molar-refractivity contribution in [2.75, 3.05) is 24.6 Å². The van der Waals surface area contributed by atoms with Gasteiger partial charge in [-0.05, 0) is 12.1 Å².